The summed E-state index contributed by atoms with van der Waals surface area (Å²) in [5, 5.41) is 11.7. The van der Waals surface area contributed by atoms with Gasteiger partial charge in [-0.2, -0.15) is 0 Å². The molecule has 130 valence electrons. The Balaban J connectivity index is 1.68. The van der Waals surface area contributed by atoms with Crippen LogP contribution in [0.5, 0.6) is 0 Å². The Morgan fingerprint density at radius 3 is 2.72 bits per heavy atom. The maximum atomic E-state index is 12.6. The molecule has 0 bridgehead atoms. The third kappa shape index (κ3) is 3.55. The molecule has 0 saturated heterocycles. The summed E-state index contributed by atoms with van der Waals surface area (Å²) >= 11 is 0. The topological polar surface area (TPSA) is 99.9 Å². The van der Waals surface area contributed by atoms with Gasteiger partial charge in [-0.25, -0.2) is 4.79 Å². The van der Waals surface area contributed by atoms with Crippen LogP contribution in [-0.2, 0) is 17.8 Å². The molecular weight excluding hydrogens is 324 g/mol. The molecule has 0 saturated carbocycles. The largest absolute Gasteiger partial charge is 0.478 e. The maximum Gasteiger partial charge on any atom is 0.335 e. The number of carbonyl (C=O) groups is 3. The standard InChI is InChI=1S/C18H18N2O5/c1-11(19-16(21)15-3-2-8-25-15)17(22)20-7-6-12-4-5-13(18(23)24)9-14(12)10-20/h2-5,8-9,11H,6-7,10H2,1H3,(H,19,21)(H,23,24). The Kier molecular flexibility index (Phi) is 4.56. The molecule has 25 heavy (non-hydrogen) atoms. The van der Waals surface area contributed by atoms with E-state index in [4.69, 9.17) is 9.52 Å². The van der Waals surface area contributed by atoms with Crippen molar-refractivity contribution in [2.75, 3.05) is 6.54 Å². The molecular formula is C18H18N2O5. The van der Waals surface area contributed by atoms with Gasteiger partial charge in [0.05, 0.1) is 11.8 Å². The molecule has 2 N–H and O–H groups in total. The Bertz CT molecular complexity index is 813. The first kappa shape index (κ1) is 16.8. The van der Waals surface area contributed by atoms with Gasteiger partial charge in [0.2, 0.25) is 5.91 Å². The van der Waals surface area contributed by atoms with Crippen LogP contribution in [0.3, 0.4) is 0 Å². The maximum absolute atomic E-state index is 12.6. The van der Waals surface area contributed by atoms with Crippen molar-refractivity contribution in [3.05, 3.63) is 59.0 Å². The van der Waals surface area contributed by atoms with Gasteiger partial charge in [0.15, 0.2) is 5.76 Å². The molecule has 1 aliphatic heterocycles. The molecule has 0 spiro atoms. The SMILES string of the molecule is CC(NC(=O)c1ccco1)C(=O)N1CCc2ccc(C(=O)O)cc2C1. The van der Waals surface area contributed by atoms with E-state index in [1.54, 1.807) is 36.1 Å². The number of amides is 2. The molecule has 0 fully saturated rings. The van der Waals surface area contributed by atoms with Crippen LogP contribution >= 0.6 is 0 Å². The number of carboxylic acids is 1. The lowest BCUT2D eigenvalue weighted by molar-refractivity contribution is -0.133. The van der Waals surface area contributed by atoms with Crippen LogP contribution in [0.25, 0.3) is 0 Å². The van der Waals surface area contributed by atoms with Gasteiger partial charge in [-0.05, 0) is 48.7 Å². The minimum Gasteiger partial charge on any atom is -0.478 e. The molecule has 7 nitrogen and oxygen atoms in total. The molecule has 1 aliphatic rings. The van der Waals surface area contributed by atoms with Gasteiger partial charge in [-0.1, -0.05) is 6.07 Å². The fraction of sp³-hybridized carbons (Fsp3) is 0.278. The van der Waals surface area contributed by atoms with Crippen molar-refractivity contribution in [1.82, 2.24) is 10.2 Å². The zero-order valence-electron chi connectivity index (χ0n) is 13.7. The summed E-state index contributed by atoms with van der Waals surface area (Å²) in [6.07, 6.45) is 2.04. The van der Waals surface area contributed by atoms with Gasteiger partial charge >= 0.3 is 5.97 Å². The van der Waals surface area contributed by atoms with E-state index in [0.717, 1.165) is 11.1 Å². The highest BCUT2D eigenvalue weighted by Gasteiger charge is 2.26. The Labute approximate surface area is 144 Å². The molecule has 1 aromatic carbocycles. The number of aromatic carboxylic acids is 1. The molecule has 0 radical (unpaired) electrons. The summed E-state index contributed by atoms with van der Waals surface area (Å²) in [7, 11) is 0. The highest BCUT2D eigenvalue weighted by Crippen LogP contribution is 2.21. The Morgan fingerprint density at radius 2 is 2.04 bits per heavy atom. The zero-order chi connectivity index (χ0) is 18.0. The van der Waals surface area contributed by atoms with E-state index in [-0.39, 0.29) is 17.2 Å². The number of hydrogen-bond acceptors (Lipinski definition) is 4. The van der Waals surface area contributed by atoms with Gasteiger partial charge in [0.25, 0.3) is 5.91 Å². The molecule has 0 aliphatic carbocycles. The molecule has 2 aromatic rings. The van der Waals surface area contributed by atoms with Crippen molar-refractivity contribution in [2.45, 2.75) is 25.9 Å². The molecule has 7 heteroatoms. The minimum absolute atomic E-state index is 0.148. The molecule has 2 heterocycles. The first-order chi connectivity index (χ1) is 12.0. The number of nitrogens with zero attached hydrogens (tertiary/aromatic N) is 1. The number of fused-ring (bicyclic) bond motifs is 1. The number of carboxylic acid groups (broad SMARTS) is 1. The van der Waals surface area contributed by atoms with Crippen LogP contribution < -0.4 is 5.32 Å². The van der Waals surface area contributed by atoms with Gasteiger partial charge in [0, 0.05) is 13.1 Å². The molecule has 1 unspecified atom stereocenters. The second-order valence-corrected chi connectivity index (χ2v) is 5.97. The quantitative estimate of drug-likeness (QED) is 0.880. The third-order valence-electron chi connectivity index (χ3n) is 4.24. The number of carbonyl (C=O) groups excluding carboxylic acids is 2. The molecule has 1 aromatic heterocycles. The van der Waals surface area contributed by atoms with Crippen LogP contribution in [0.15, 0.2) is 41.0 Å². The van der Waals surface area contributed by atoms with E-state index in [1.165, 1.54) is 12.3 Å². The average Bonchev–Trinajstić information content (AvgIpc) is 3.14. The summed E-state index contributed by atoms with van der Waals surface area (Å²) < 4.78 is 5.01. The number of hydrogen-bond donors (Lipinski definition) is 2. The molecule has 2 amide bonds. The summed E-state index contributed by atoms with van der Waals surface area (Å²) in [6, 6.07) is 7.39. The number of rotatable bonds is 4. The summed E-state index contributed by atoms with van der Waals surface area (Å²) in [5.41, 5.74) is 2.07. The highest BCUT2D eigenvalue weighted by atomic mass is 16.4. The van der Waals surface area contributed by atoms with E-state index < -0.39 is 17.9 Å². The lowest BCUT2D eigenvalue weighted by Gasteiger charge is -2.31. The Morgan fingerprint density at radius 1 is 1.24 bits per heavy atom. The van der Waals surface area contributed by atoms with E-state index in [2.05, 4.69) is 5.32 Å². The van der Waals surface area contributed by atoms with E-state index in [0.29, 0.717) is 19.5 Å². The van der Waals surface area contributed by atoms with Crippen LogP contribution in [-0.4, -0.2) is 40.4 Å². The van der Waals surface area contributed by atoms with Crippen LogP contribution in [0, 0.1) is 0 Å². The van der Waals surface area contributed by atoms with E-state index in [9.17, 15) is 14.4 Å². The molecule has 3 rings (SSSR count). The van der Waals surface area contributed by atoms with Crippen LogP contribution in [0.4, 0.5) is 0 Å². The predicted octanol–water partition coefficient (Wildman–Crippen LogP) is 1.68. The smallest absolute Gasteiger partial charge is 0.335 e. The second kappa shape index (κ2) is 6.80. The second-order valence-electron chi connectivity index (χ2n) is 5.97. The van der Waals surface area contributed by atoms with Crippen molar-refractivity contribution in [1.29, 1.82) is 0 Å². The number of furan rings is 1. The normalized spacial score (nSPS) is 14.5. The van der Waals surface area contributed by atoms with Crippen molar-refractivity contribution in [3.63, 3.8) is 0 Å². The average molecular weight is 342 g/mol. The van der Waals surface area contributed by atoms with Crippen molar-refractivity contribution < 1.29 is 23.9 Å². The van der Waals surface area contributed by atoms with Crippen LogP contribution in [0.1, 0.15) is 39.0 Å². The van der Waals surface area contributed by atoms with Crippen molar-refractivity contribution >= 4 is 17.8 Å². The summed E-state index contributed by atoms with van der Waals surface area (Å²) in [4.78, 5) is 37.3. The van der Waals surface area contributed by atoms with E-state index >= 15 is 0 Å². The van der Waals surface area contributed by atoms with Gasteiger partial charge in [0.1, 0.15) is 6.04 Å². The van der Waals surface area contributed by atoms with Gasteiger partial charge in [-0.3, -0.25) is 9.59 Å². The first-order valence-electron chi connectivity index (χ1n) is 7.94. The highest BCUT2D eigenvalue weighted by molar-refractivity contribution is 5.95. The lowest BCUT2D eigenvalue weighted by atomic mass is 9.97. The van der Waals surface area contributed by atoms with Crippen molar-refractivity contribution in [3.8, 4) is 0 Å². The van der Waals surface area contributed by atoms with E-state index in [1.807, 2.05) is 0 Å². The number of benzene rings is 1. The third-order valence-corrected chi connectivity index (χ3v) is 4.24. The molecule has 1 atom stereocenters. The Hall–Kier alpha value is -3.09. The first-order valence-corrected chi connectivity index (χ1v) is 7.94. The fourth-order valence-electron chi connectivity index (χ4n) is 2.89. The summed E-state index contributed by atoms with van der Waals surface area (Å²) in [5.74, 6) is -1.51. The van der Waals surface area contributed by atoms with Crippen molar-refractivity contribution in [2.24, 2.45) is 0 Å². The fourth-order valence-corrected chi connectivity index (χ4v) is 2.89. The lowest BCUT2D eigenvalue weighted by Crippen LogP contribution is -2.48. The predicted molar refractivity (Wildman–Crippen MR) is 88.2 cm³/mol. The monoisotopic (exact) mass is 342 g/mol. The van der Waals surface area contributed by atoms with Crippen LogP contribution in [0.2, 0.25) is 0 Å². The minimum atomic E-state index is -0.995. The van der Waals surface area contributed by atoms with Gasteiger partial charge < -0.3 is 19.7 Å². The number of nitrogens with one attached hydrogen (secondary N) is 1. The summed E-state index contributed by atoms with van der Waals surface area (Å²) in [6.45, 7) is 2.47. The van der Waals surface area contributed by atoms with Gasteiger partial charge in [-0.15, -0.1) is 0 Å². The zero-order valence-corrected chi connectivity index (χ0v) is 13.7.